The fraction of sp³-hybridized carbons (Fsp3) is 0.136. The molecule has 4 aromatic rings. The van der Waals surface area contributed by atoms with Gasteiger partial charge in [0.25, 0.3) is 0 Å². The number of aromatic nitrogens is 2. The molecule has 0 saturated carbocycles. The Kier molecular flexibility index (Phi) is 6.17. The molecule has 0 radical (unpaired) electrons. The van der Waals surface area contributed by atoms with Crippen LogP contribution in [-0.2, 0) is 17.1 Å². The third-order valence-corrected chi connectivity index (χ3v) is 6.32. The Bertz CT molecular complexity index is 1100. The largest absolute Gasteiger partial charge is 0.283 e. The molecule has 0 fully saturated rings. The van der Waals surface area contributed by atoms with Crippen molar-refractivity contribution in [3.8, 4) is 0 Å². The van der Waals surface area contributed by atoms with Gasteiger partial charge < -0.3 is 0 Å². The zero-order valence-corrected chi connectivity index (χ0v) is 17.1. The molecule has 0 bridgehead atoms. The lowest BCUT2D eigenvalue weighted by Crippen LogP contribution is -2.32. The molecule has 1 amide bonds. The van der Waals surface area contributed by atoms with E-state index in [0.29, 0.717) is 22.9 Å². The maximum Gasteiger partial charge on any atom is 0.239 e. The van der Waals surface area contributed by atoms with Crippen molar-refractivity contribution < 1.29 is 9.18 Å². The number of hydrogen-bond acceptors (Lipinski definition) is 5. The first-order chi connectivity index (χ1) is 14.2. The van der Waals surface area contributed by atoms with Gasteiger partial charge in [0.2, 0.25) is 5.91 Å². The number of nitrogens with zero attached hydrogens (tertiary/aromatic N) is 3. The molecule has 0 atom stereocenters. The molecule has 2 aromatic carbocycles. The quantitative estimate of drug-likeness (QED) is 0.405. The number of pyridine rings is 1. The summed E-state index contributed by atoms with van der Waals surface area (Å²) in [6.45, 7) is 0.347. The van der Waals surface area contributed by atoms with Gasteiger partial charge in [-0.3, -0.25) is 14.7 Å². The second kappa shape index (κ2) is 9.15. The normalized spacial score (nSPS) is 10.9. The summed E-state index contributed by atoms with van der Waals surface area (Å²) in [5.41, 5.74) is 2.37. The molecule has 2 heterocycles. The number of halogens is 1. The lowest BCUT2D eigenvalue weighted by Gasteiger charge is -2.19. The third kappa shape index (κ3) is 4.81. The van der Waals surface area contributed by atoms with Gasteiger partial charge in [0.15, 0.2) is 5.13 Å². The molecule has 7 heteroatoms. The van der Waals surface area contributed by atoms with Gasteiger partial charge in [0.05, 0.1) is 17.0 Å². The van der Waals surface area contributed by atoms with Crippen LogP contribution in [0.3, 0.4) is 0 Å². The minimum Gasteiger partial charge on any atom is -0.283 e. The summed E-state index contributed by atoms with van der Waals surface area (Å²) in [5, 5.41) is 0.499. The van der Waals surface area contributed by atoms with Crippen molar-refractivity contribution in [3.63, 3.8) is 0 Å². The summed E-state index contributed by atoms with van der Waals surface area (Å²) in [4.78, 5) is 23.2. The maximum atomic E-state index is 14.1. The highest BCUT2D eigenvalue weighted by molar-refractivity contribution is 7.99. The molecule has 29 heavy (non-hydrogen) atoms. The van der Waals surface area contributed by atoms with E-state index in [1.165, 1.54) is 23.0 Å². The van der Waals surface area contributed by atoms with Crippen LogP contribution in [0.15, 0.2) is 73.1 Å². The van der Waals surface area contributed by atoms with Gasteiger partial charge in [0, 0.05) is 18.1 Å². The van der Waals surface area contributed by atoms with E-state index in [4.69, 9.17) is 0 Å². The molecule has 0 aliphatic rings. The van der Waals surface area contributed by atoms with E-state index >= 15 is 0 Å². The van der Waals surface area contributed by atoms with Gasteiger partial charge in [0.1, 0.15) is 11.3 Å². The lowest BCUT2D eigenvalue weighted by molar-refractivity contribution is -0.116. The molecule has 0 spiro atoms. The first kappa shape index (κ1) is 19.5. The summed E-state index contributed by atoms with van der Waals surface area (Å²) in [5.74, 6) is 0.626. The number of carbonyl (C=O) groups excluding carboxylic acids is 1. The van der Waals surface area contributed by atoms with Gasteiger partial charge in [-0.2, -0.15) is 0 Å². The van der Waals surface area contributed by atoms with Crippen molar-refractivity contribution in [1.82, 2.24) is 9.97 Å². The van der Waals surface area contributed by atoms with Gasteiger partial charge in [-0.05, 0) is 29.3 Å². The predicted octanol–water partition coefficient (Wildman–Crippen LogP) is 5.30. The van der Waals surface area contributed by atoms with Crippen LogP contribution in [0.4, 0.5) is 9.52 Å². The lowest BCUT2D eigenvalue weighted by atomic mass is 10.2. The van der Waals surface area contributed by atoms with E-state index in [-0.39, 0.29) is 11.7 Å². The number of fused-ring (bicyclic) bond motifs is 1. The zero-order chi connectivity index (χ0) is 20.1. The molecule has 0 saturated heterocycles. The SMILES string of the molecule is O=C(CSCc1ccccc1)N(Cc1cccnc1)c1nc2c(F)cccc2s1. The predicted molar refractivity (Wildman–Crippen MR) is 118 cm³/mol. The summed E-state index contributed by atoms with van der Waals surface area (Å²) >= 11 is 2.88. The molecule has 0 unspecified atom stereocenters. The number of para-hydroxylation sites is 1. The maximum absolute atomic E-state index is 14.1. The van der Waals surface area contributed by atoms with Crippen molar-refractivity contribution in [1.29, 1.82) is 0 Å². The fourth-order valence-electron chi connectivity index (χ4n) is 2.86. The van der Waals surface area contributed by atoms with Crippen LogP contribution in [-0.4, -0.2) is 21.6 Å². The highest BCUT2D eigenvalue weighted by Crippen LogP contribution is 2.31. The molecule has 146 valence electrons. The Labute approximate surface area is 176 Å². The van der Waals surface area contributed by atoms with Gasteiger partial charge in [-0.15, -0.1) is 11.8 Å². The van der Waals surface area contributed by atoms with Crippen molar-refractivity contribution in [2.75, 3.05) is 10.7 Å². The van der Waals surface area contributed by atoms with Crippen molar-refractivity contribution in [2.45, 2.75) is 12.3 Å². The summed E-state index contributed by atoms with van der Waals surface area (Å²) in [7, 11) is 0. The monoisotopic (exact) mass is 423 g/mol. The van der Waals surface area contributed by atoms with Crippen LogP contribution in [0.5, 0.6) is 0 Å². The number of thiazole rings is 1. The van der Waals surface area contributed by atoms with Crippen LogP contribution < -0.4 is 4.90 Å². The number of benzene rings is 2. The number of rotatable bonds is 7. The second-order valence-electron chi connectivity index (χ2n) is 6.40. The summed E-state index contributed by atoms with van der Waals surface area (Å²) in [6, 6.07) is 18.6. The minimum absolute atomic E-state index is 0.0609. The van der Waals surface area contributed by atoms with E-state index < -0.39 is 0 Å². The number of thioether (sulfide) groups is 1. The Morgan fingerprint density at radius 3 is 2.62 bits per heavy atom. The number of hydrogen-bond donors (Lipinski definition) is 0. The molecule has 0 N–H and O–H groups in total. The molecule has 2 aromatic heterocycles. The minimum atomic E-state index is -0.378. The molecular weight excluding hydrogens is 405 g/mol. The summed E-state index contributed by atoms with van der Waals surface area (Å²) < 4.78 is 14.8. The Hall–Kier alpha value is -2.77. The van der Waals surface area contributed by atoms with E-state index in [0.717, 1.165) is 16.0 Å². The fourth-order valence-corrected chi connectivity index (χ4v) is 4.72. The third-order valence-electron chi connectivity index (χ3n) is 4.29. The molecule has 4 rings (SSSR count). The second-order valence-corrected chi connectivity index (χ2v) is 8.40. The van der Waals surface area contributed by atoms with E-state index in [1.807, 2.05) is 48.5 Å². The molecule has 4 nitrogen and oxygen atoms in total. The Morgan fingerprint density at radius 1 is 1.03 bits per heavy atom. The molecule has 0 aliphatic heterocycles. The van der Waals surface area contributed by atoms with Gasteiger partial charge >= 0.3 is 0 Å². The van der Waals surface area contributed by atoms with E-state index in [9.17, 15) is 9.18 Å². The average molecular weight is 424 g/mol. The number of anilines is 1. The van der Waals surface area contributed by atoms with Gasteiger partial charge in [-0.25, -0.2) is 9.37 Å². The topological polar surface area (TPSA) is 46.1 Å². The van der Waals surface area contributed by atoms with Crippen LogP contribution in [0.2, 0.25) is 0 Å². The van der Waals surface area contributed by atoms with Crippen LogP contribution >= 0.6 is 23.1 Å². The first-order valence-electron chi connectivity index (χ1n) is 9.07. The highest BCUT2D eigenvalue weighted by atomic mass is 32.2. The standard InChI is InChI=1S/C22H18FN3OS2/c23-18-9-4-10-19-21(18)25-22(29-19)26(13-17-8-5-11-24-12-17)20(27)15-28-14-16-6-2-1-3-7-16/h1-12H,13-15H2. The first-order valence-corrected chi connectivity index (χ1v) is 11.0. The molecule has 0 aliphatic carbocycles. The Morgan fingerprint density at radius 2 is 1.86 bits per heavy atom. The van der Waals surface area contributed by atoms with Crippen molar-refractivity contribution in [2.24, 2.45) is 0 Å². The van der Waals surface area contributed by atoms with E-state index in [2.05, 4.69) is 9.97 Å². The number of carbonyl (C=O) groups is 1. The van der Waals surface area contributed by atoms with Crippen LogP contribution in [0, 0.1) is 5.82 Å². The zero-order valence-electron chi connectivity index (χ0n) is 15.5. The van der Waals surface area contributed by atoms with Crippen LogP contribution in [0.1, 0.15) is 11.1 Å². The van der Waals surface area contributed by atoms with Crippen molar-refractivity contribution >= 4 is 44.4 Å². The number of amides is 1. The smallest absolute Gasteiger partial charge is 0.239 e. The average Bonchev–Trinajstić information content (AvgIpc) is 3.19. The van der Waals surface area contributed by atoms with Crippen molar-refractivity contribution in [3.05, 3.63) is 90.0 Å². The molecular formula is C22H18FN3OS2. The van der Waals surface area contributed by atoms with Crippen LogP contribution in [0.25, 0.3) is 10.2 Å². The summed E-state index contributed by atoms with van der Waals surface area (Å²) in [6.07, 6.45) is 3.42. The Balaban J connectivity index is 1.55. The van der Waals surface area contributed by atoms with Gasteiger partial charge in [-0.1, -0.05) is 53.8 Å². The van der Waals surface area contributed by atoms with E-state index in [1.54, 1.807) is 35.1 Å². The highest BCUT2D eigenvalue weighted by Gasteiger charge is 2.21.